The van der Waals surface area contributed by atoms with Crippen molar-refractivity contribution in [3.05, 3.63) is 35.9 Å². The van der Waals surface area contributed by atoms with E-state index in [1.807, 2.05) is 18.2 Å². The van der Waals surface area contributed by atoms with Gasteiger partial charge in [-0.25, -0.2) is 0 Å². The minimum absolute atomic E-state index is 0.166. The maximum atomic E-state index is 5.61. The van der Waals surface area contributed by atoms with Crippen molar-refractivity contribution in [3.63, 3.8) is 0 Å². The van der Waals surface area contributed by atoms with Gasteiger partial charge in [-0.05, 0) is 17.7 Å². The topological polar surface area (TPSA) is 0 Å². The van der Waals surface area contributed by atoms with Crippen LogP contribution in [-0.2, 0) is 0 Å². The number of hydrogen-bond donors (Lipinski definition) is 0. The molecule has 74 valence electrons. The molecule has 0 radical (unpaired) electrons. The summed E-state index contributed by atoms with van der Waals surface area (Å²) in [4.78, 5) is 0. The second-order valence-electron chi connectivity index (χ2n) is 2.87. The van der Waals surface area contributed by atoms with Gasteiger partial charge in [0.15, 0.2) is 0 Å². The van der Waals surface area contributed by atoms with Crippen LogP contribution in [-0.4, -0.2) is 11.6 Å². The van der Waals surface area contributed by atoms with E-state index < -0.39 is 0 Å². The molecule has 0 aromatic heterocycles. The summed E-state index contributed by atoms with van der Waals surface area (Å²) in [5.41, 5.74) is 1.20. The molecule has 1 aromatic rings. The minimum Gasteiger partial charge on any atom is -0.141 e. The Hall–Kier alpha value is -0.580. The van der Waals surface area contributed by atoms with Crippen molar-refractivity contribution in [2.24, 2.45) is 0 Å². The molecule has 1 unspecified atom stereocenters. The van der Waals surface area contributed by atoms with Crippen molar-refractivity contribution >= 4 is 23.4 Å². The van der Waals surface area contributed by atoms with Crippen molar-refractivity contribution in [3.8, 4) is 12.3 Å². The third kappa shape index (κ3) is 3.65. The van der Waals surface area contributed by atoms with Gasteiger partial charge in [0, 0.05) is 5.88 Å². The number of benzene rings is 1. The summed E-state index contributed by atoms with van der Waals surface area (Å²) >= 11 is 7.39. The Kier molecular flexibility index (Phi) is 5.59. The maximum Gasteiger partial charge on any atom is 0.0903 e. The van der Waals surface area contributed by atoms with Crippen LogP contribution in [0.3, 0.4) is 0 Å². The minimum atomic E-state index is 0.166. The van der Waals surface area contributed by atoms with Gasteiger partial charge in [0.2, 0.25) is 0 Å². The Morgan fingerprint density at radius 1 is 1.36 bits per heavy atom. The highest BCUT2D eigenvalue weighted by Gasteiger charge is 2.06. The highest BCUT2D eigenvalue weighted by molar-refractivity contribution is 7.99. The van der Waals surface area contributed by atoms with E-state index in [2.05, 4.69) is 18.1 Å². The third-order valence-corrected chi connectivity index (χ3v) is 3.35. The van der Waals surface area contributed by atoms with Crippen molar-refractivity contribution in [2.75, 3.05) is 11.6 Å². The fraction of sp³-hybridized carbons (Fsp3) is 0.333. The number of hydrogen-bond acceptors (Lipinski definition) is 1. The standard InChI is InChI=1S/C12H13ClS/c1-2-12(14-10-6-9-13)11-7-4-3-5-8-11/h1,3-5,7-8,12H,6,9-10H2. The van der Waals surface area contributed by atoms with Crippen molar-refractivity contribution in [1.29, 1.82) is 0 Å². The summed E-state index contributed by atoms with van der Waals surface area (Å²) < 4.78 is 0. The first kappa shape index (κ1) is 11.5. The molecule has 0 heterocycles. The second kappa shape index (κ2) is 6.81. The highest BCUT2D eigenvalue weighted by Crippen LogP contribution is 2.28. The highest BCUT2D eigenvalue weighted by atomic mass is 35.5. The van der Waals surface area contributed by atoms with Crippen LogP contribution in [0.5, 0.6) is 0 Å². The van der Waals surface area contributed by atoms with Gasteiger partial charge >= 0.3 is 0 Å². The molecule has 0 saturated heterocycles. The molecule has 0 spiro atoms. The molecule has 0 amide bonds. The Bertz CT molecular complexity index is 289. The van der Waals surface area contributed by atoms with E-state index in [0.717, 1.165) is 12.2 Å². The second-order valence-corrected chi connectivity index (χ2v) is 4.46. The molecule has 0 aliphatic carbocycles. The van der Waals surface area contributed by atoms with Crippen LogP contribution in [0.2, 0.25) is 0 Å². The zero-order valence-corrected chi connectivity index (χ0v) is 9.52. The first-order chi connectivity index (χ1) is 6.88. The maximum absolute atomic E-state index is 5.61. The van der Waals surface area contributed by atoms with E-state index in [0.29, 0.717) is 5.88 Å². The van der Waals surface area contributed by atoms with E-state index in [1.165, 1.54) is 5.56 Å². The largest absolute Gasteiger partial charge is 0.141 e. The van der Waals surface area contributed by atoms with Crippen LogP contribution < -0.4 is 0 Å². The number of halogens is 1. The molecule has 0 aliphatic rings. The van der Waals surface area contributed by atoms with Crippen molar-refractivity contribution in [2.45, 2.75) is 11.7 Å². The van der Waals surface area contributed by atoms with Crippen molar-refractivity contribution < 1.29 is 0 Å². The average molecular weight is 225 g/mol. The van der Waals surface area contributed by atoms with Gasteiger partial charge in [-0.1, -0.05) is 36.3 Å². The van der Waals surface area contributed by atoms with Gasteiger partial charge in [0.05, 0.1) is 5.25 Å². The van der Waals surface area contributed by atoms with Crippen LogP contribution in [0, 0.1) is 12.3 Å². The lowest BCUT2D eigenvalue weighted by Gasteiger charge is -2.09. The van der Waals surface area contributed by atoms with Crippen molar-refractivity contribution in [1.82, 2.24) is 0 Å². The van der Waals surface area contributed by atoms with E-state index in [1.54, 1.807) is 11.8 Å². The fourth-order valence-electron chi connectivity index (χ4n) is 1.12. The normalized spacial score (nSPS) is 12.0. The van der Waals surface area contributed by atoms with E-state index in [4.69, 9.17) is 18.0 Å². The number of alkyl halides is 1. The van der Waals surface area contributed by atoms with Crippen LogP contribution in [0.4, 0.5) is 0 Å². The molecule has 1 rings (SSSR count). The van der Waals surface area contributed by atoms with E-state index in [-0.39, 0.29) is 5.25 Å². The molecule has 0 N–H and O–H groups in total. The summed E-state index contributed by atoms with van der Waals surface area (Å²) in [6.45, 7) is 0. The lowest BCUT2D eigenvalue weighted by Crippen LogP contribution is -1.92. The summed E-state index contributed by atoms with van der Waals surface area (Å²) in [7, 11) is 0. The summed E-state index contributed by atoms with van der Waals surface area (Å²) in [6.07, 6.45) is 6.49. The zero-order chi connectivity index (χ0) is 10.2. The number of terminal acetylenes is 1. The third-order valence-electron chi connectivity index (χ3n) is 1.82. The van der Waals surface area contributed by atoms with E-state index in [9.17, 15) is 0 Å². The smallest absolute Gasteiger partial charge is 0.0903 e. The SMILES string of the molecule is C#CC(SCCCCl)c1ccccc1. The molecule has 0 fully saturated rings. The predicted molar refractivity (Wildman–Crippen MR) is 65.8 cm³/mol. The molecule has 0 saturated carbocycles. The molecule has 0 nitrogen and oxygen atoms in total. The molecular formula is C12H13ClS. The van der Waals surface area contributed by atoms with Gasteiger partial charge in [0.25, 0.3) is 0 Å². The van der Waals surface area contributed by atoms with Gasteiger partial charge in [-0.3, -0.25) is 0 Å². The summed E-state index contributed by atoms with van der Waals surface area (Å²) in [5.74, 6) is 4.53. The molecule has 0 bridgehead atoms. The van der Waals surface area contributed by atoms with Gasteiger partial charge in [-0.15, -0.1) is 29.8 Å². The number of rotatable bonds is 5. The van der Waals surface area contributed by atoms with Crippen LogP contribution in [0.1, 0.15) is 17.2 Å². The van der Waals surface area contributed by atoms with Gasteiger partial charge in [-0.2, -0.15) is 0 Å². The fourth-order valence-corrected chi connectivity index (χ4v) is 2.41. The predicted octanol–water partition coefficient (Wildman–Crippen LogP) is 3.72. The summed E-state index contributed by atoms with van der Waals surface area (Å²) in [5, 5.41) is 0.166. The Morgan fingerprint density at radius 2 is 2.07 bits per heavy atom. The van der Waals surface area contributed by atoms with Crippen LogP contribution in [0.25, 0.3) is 0 Å². The first-order valence-corrected chi connectivity index (χ1v) is 6.15. The first-order valence-electron chi connectivity index (χ1n) is 4.57. The summed E-state index contributed by atoms with van der Waals surface area (Å²) in [6, 6.07) is 10.2. The lowest BCUT2D eigenvalue weighted by molar-refractivity contribution is 1.11. The Balaban J connectivity index is 2.52. The zero-order valence-electron chi connectivity index (χ0n) is 7.95. The molecule has 1 atom stereocenters. The Morgan fingerprint density at radius 3 is 2.64 bits per heavy atom. The van der Waals surface area contributed by atoms with E-state index >= 15 is 0 Å². The van der Waals surface area contributed by atoms with Gasteiger partial charge < -0.3 is 0 Å². The number of thioether (sulfide) groups is 1. The van der Waals surface area contributed by atoms with Crippen LogP contribution in [0.15, 0.2) is 30.3 Å². The monoisotopic (exact) mass is 224 g/mol. The molecule has 2 heteroatoms. The Labute approximate surface area is 95.0 Å². The average Bonchev–Trinajstić information content (AvgIpc) is 2.26. The molecule has 1 aromatic carbocycles. The molecule has 14 heavy (non-hydrogen) atoms. The van der Waals surface area contributed by atoms with Crippen LogP contribution >= 0.6 is 23.4 Å². The molecule has 0 aliphatic heterocycles. The quantitative estimate of drug-likeness (QED) is 0.417. The lowest BCUT2D eigenvalue weighted by atomic mass is 10.2. The molecular weight excluding hydrogens is 212 g/mol. The van der Waals surface area contributed by atoms with Gasteiger partial charge in [0.1, 0.15) is 0 Å².